The number of sulfonamides is 1. The molecule has 0 aromatic heterocycles. The molecule has 1 fully saturated rings. The molecular weight excluding hydrogens is 368 g/mol. The Morgan fingerprint density at radius 3 is 2.52 bits per heavy atom. The average Bonchev–Trinajstić information content (AvgIpc) is 2.62. The van der Waals surface area contributed by atoms with Crippen LogP contribution >= 0.6 is 12.4 Å². The summed E-state index contributed by atoms with van der Waals surface area (Å²) < 4.78 is 43.8. The first kappa shape index (κ1) is 20.3. The van der Waals surface area contributed by atoms with Crippen LogP contribution in [0, 0.1) is 0 Å². The van der Waals surface area contributed by atoms with E-state index in [0.717, 1.165) is 6.42 Å². The number of fused-ring (bicyclic) bond motifs is 1. The van der Waals surface area contributed by atoms with Crippen molar-refractivity contribution in [3.8, 4) is 11.5 Å². The monoisotopic (exact) mass is 392 g/mol. The Morgan fingerprint density at radius 1 is 1.16 bits per heavy atom. The van der Waals surface area contributed by atoms with Crippen molar-refractivity contribution < 1.29 is 22.6 Å². The summed E-state index contributed by atoms with van der Waals surface area (Å²) in [6.07, 6.45) is 2.35. The topological polar surface area (TPSA) is 91.1 Å². The molecule has 1 aromatic carbocycles. The van der Waals surface area contributed by atoms with Crippen LogP contribution in [0.4, 0.5) is 0 Å². The summed E-state index contributed by atoms with van der Waals surface area (Å²) in [5, 5.41) is 0. The zero-order chi connectivity index (χ0) is 17.0. The summed E-state index contributed by atoms with van der Waals surface area (Å²) in [6.45, 7) is 3.08. The van der Waals surface area contributed by atoms with Gasteiger partial charge in [0.2, 0.25) is 10.0 Å². The smallest absolute Gasteiger partial charge is 0.243 e. The molecule has 0 bridgehead atoms. The van der Waals surface area contributed by atoms with Gasteiger partial charge in [-0.3, -0.25) is 0 Å². The highest BCUT2D eigenvalue weighted by Gasteiger charge is 2.30. The van der Waals surface area contributed by atoms with E-state index in [1.165, 1.54) is 4.31 Å². The number of benzene rings is 1. The number of ether oxygens (including phenoxy) is 3. The minimum atomic E-state index is -3.52. The van der Waals surface area contributed by atoms with E-state index in [0.29, 0.717) is 63.8 Å². The molecule has 0 radical (unpaired) electrons. The maximum absolute atomic E-state index is 12.8. The third kappa shape index (κ3) is 4.77. The highest BCUT2D eigenvalue weighted by Crippen LogP contribution is 2.33. The van der Waals surface area contributed by atoms with Crippen LogP contribution in [-0.2, 0) is 14.8 Å². The van der Waals surface area contributed by atoms with Gasteiger partial charge in [-0.15, -0.1) is 12.4 Å². The summed E-state index contributed by atoms with van der Waals surface area (Å²) in [5.41, 5.74) is 5.45. The quantitative estimate of drug-likeness (QED) is 0.736. The van der Waals surface area contributed by atoms with Gasteiger partial charge < -0.3 is 19.9 Å². The van der Waals surface area contributed by atoms with E-state index >= 15 is 0 Å². The third-order valence-electron chi connectivity index (χ3n) is 4.25. The first-order valence-corrected chi connectivity index (χ1v) is 9.77. The standard InChI is InChI=1S/C16H24N2O5S.ClH/c17-6-1-9-21-13-4-7-18(8-5-13)24(19,20)14-2-3-15-16(12-14)23-11-10-22-15;/h2-3,12-13H,1,4-11,17H2;1H. The lowest BCUT2D eigenvalue weighted by molar-refractivity contribution is 0.0209. The van der Waals surface area contributed by atoms with Crippen molar-refractivity contribution in [1.29, 1.82) is 0 Å². The zero-order valence-corrected chi connectivity index (χ0v) is 15.7. The lowest BCUT2D eigenvalue weighted by atomic mass is 10.1. The van der Waals surface area contributed by atoms with Crippen molar-refractivity contribution in [3.63, 3.8) is 0 Å². The molecule has 1 aromatic rings. The molecule has 0 atom stereocenters. The normalized spacial score (nSPS) is 18.6. The Balaban J connectivity index is 0.00000225. The number of nitrogens with zero attached hydrogens (tertiary/aromatic N) is 1. The third-order valence-corrected chi connectivity index (χ3v) is 6.15. The number of rotatable bonds is 6. The predicted octanol–water partition coefficient (Wildman–Crippen LogP) is 1.40. The van der Waals surface area contributed by atoms with E-state index in [1.54, 1.807) is 18.2 Å². The summed E-state index contributed by atoms with van der Waals surface area (Å²) >= 11 is 0. The number of hydrogen-bond acceptors (Lipinski definition) is 6. The maximum Gasteiger partial charge on any atom is 0.243 e. The Hall–Kier alpha value is -1.06. The molecule has 1 saturated heterocycles. The van der Waals surface area contributed by atoms with Crippen LogP contribution in [0.15, 0.2) is 23.1 Å². The van der Waals surface area contributed by atoms with E-state index in [-0.39, 0.29) is 23.4 Å². The molecule has 2 heterocycles. The summed E-state index contributed by atoms with van der Waals surface area (Å²) in [7, 11) is -3.52. The molecular formula is C16H25ClN2O5S. The zero-order valence-electron chi connectivity index (χ0n) is 14.1. The van der Waals surface area contributed by atoms with Crippen molar-refractivity contribution in [3.05, 3.63) is 18.2 Å². The van der Waals surface area contributed by atoms with Gasteiger partial charge in [0.1, 0.15) is 13.2 Å². The van der Waals surface area contributed by atoms with Gasteiger partial charge in [-0.05, 0) is 37.9 Å². The van der Waals surface area contributed by atoms with Gasteiger partial charge >= 0.3 is 0 Å². The fourth-order valence-corrected chi connectivity index (χ4v) is 4.39. The Bertz CT molecular complexity index is 662. The van der Waals surface area contributed by atoms with Gasteiger partial charge in [0.05, 0.1) is 11.0 Å². The fraction of sp³-hybridized carbons (Fsp3) is 0.625. The SMILES string of the molecule is Cl.NCCCOC1CCN(S(=O)(=O)c2ccc3c(c2)OCCO3)CC1. The van der Waals surface area contributed by atoms with Crippen molar-refractivity contribution >= 4 is 22.4 Å². The molecule has 2 N–H and O–H groups in total. The van der Waals surface area contributed by atoms with Gasteiger partial charge in [-0.25, -0.2) is 8.42 Å². The number of halogens is 1. The minimum Gasteiger partial charge on any atom is -0.486 e. The number of nitrogens with two attached hydrogens (primary N) is 1. The van der Waals surface area contributed by atoms with Crippen molar-refractivity contribution in [2.24, 2.45) is 5.73 Å². The van der Waals surface area contributed by atoms with Crippen LogP contribution in [0.25, 0.3) is 0 Å². The molecule has 0 spiro atoms. The molecule has 2 aliphatic heterocycles. The van der Waals surface area contributed by atoms with Gasteiger partial charge in [0, 0.05) is 25.8 Å². The highest BCUT2D eigenvalue weighted by atomic mass is 35.5. The second-order valence-electron chi connectivity index (χ2n) is 5.92. The summed E-state index contributed by atoms with van der Waals surface area (Å²) in [6, 6.07) is 4.78. The van der Waals surface area contributed by atoms with Crippen LogP contribution < -0.4 is 15.2 Å². The number of hydrogen-bond donors (Lipinski definition) is 1. The lowest BCUT2D eigenvalue weighted by Crippen LogP contribution is -2.41. The molecule has 3 rings (SSSR count). The minimum absolute atomic E-state index is 0. The maximum atomic E-state index is 12.8. The van der Waals surface area contributed by atoms with Crippen LogP contribution in [0.5, 0.6) is 11.5 Å². The molecule has 142 valence electrons. The van der Waals surface area contributed by atoms with Gasteiger partial charge in [-0.2, -0.15) is 4.31 Å². The second-order valence-corrected chi connectivity index (χ2v) is 7.86. The Labute approximate surface area is 154 Å². The molecule has 7 nitrogen and oxygen atoms in total. The lowest BCUT2D eigenvalue weighted by Gasteiger charge is -2.31. The molecule has 0 amide bonds. The molecule has 25 heavy (non-hydrogen) atoms. The van der Waals surface area contributed by atoms with Crippen molar-refractivity contribution in [2.45, 2.75) is 30.3 Å². The predicted molar refractivity (Wildman–Crippen MR) is 96.1 cm³/mol. The van der Waals surface area contributed by atoms with Crippen LogP contribution in [-0.4, -0.2) is 58.3 Å². The van der Waals surface area contributed by atoms with E-state index < -0.39 is 10.0 Å². The summed E-state index contributed by atoms with van der Waals surface area (Å²) in [4.78, 5) is 0.245. The van der Waals surface area contributed by atoms with Crippen molar-refractivity contribution in [1.82, 2.24) is 4.31 Å². The number of piperidine rings is 1. The first-order valence-electron chi connectivity index (χ1n) is 8.33. The molecule has 0 saturated carbocycles. The Kier molecular flexibility index (Phi) is 7.33. The van der Waals surface area contributed by atoms with Gasteiger partial charge in [-0.1, -0.05) is 0 Å². The van der Waals surface area contributed by atoms with E-state index in [4.69, 9.17) is 19.9 Å². The molecule has 0 aliphatic carbocycles. The highest BCUT2D eigenvalue weighted by molar-refractivity contribution is 7.89. The molecule has 9 heteroatoms. The Morgan fingerprint density at radius 2 is 1.84 bits per heavy atom. The van der Waals surface area contributed by atoms with Crippen LogP contribution in [0.2, 0.25) is 0 Å². The fourth-order valence-electron chi connectivity index (χ4n) is 2.91. The molecule has 0 unspecified atom stereocenters. The van der Waals surface area contributed by atoms with E-state index in [2.05, 4.69) is 0 Å². The van der Waals surface area contributed by atoms with Crippen LogP contribution in [0.1, 0.15) is 19.3 Å². The largest absolute Gasteiger partial charge is 0.486 e. The average molecular weight is 393 g/mol. The van der Waals surface area contributed by atoms with Gasteiger partial charge in [0.15, 0.2) is 11.5 Å². The summed E-state index contributed by atoms with van der Waals surface area (Å²) in [5.74, 6) is 1.08. The van der Waals surface area contributed by atoms with E-state index in [1.807, 2.05) is 0 Å². The second kappa shape index (κ2) is 9.05. The molecule has 2 aliphatic rings. The first-order chi connectivity index (χ1) is 11.6. The van der Waals surface area contributed by atoms with E-state index in [9.17, 15) is 8.42 Å². The van der Waals surface area contributed by atoms with Crippen LogP contribution in [0.3, 0.4) is 0 Å². The van der Waals surface area contributed by atoms with Gasteiger partial charge in [0.25, 0.3) is 0 Å². The van der Waals surface area contributed by atoms with Crippen molar-refractivity contribution in [2.75, 3.05) is 39.5 Å².